The first-order valence-electron chi connectivity index (χ1n) is 18.1. The molecule has 0 aliphatic carbocycles. The second kappa shape index (κ2) is 11.1. The maximum Gasteiger partial charge on any atom is 0.0547 e. The summed E-state index contributed by atoms with van der Waals surface area (Å²) < 4.78 is 7.88. The zero-order chi connectivity index (χ0) is 34.6. The molecule has 0 fully saturated rings. The predicted molar refractivity (Wildman–Crippen MR) is 232 cm³/mol. The SMILES string of the molecule is c1ccc2c(c1)cc(-n1c3cc(-c4cccc5c4sc4ccccc45)ccc3c3ccc(-c4cccc5c4sc4ccccc45)cc31)c1ccccc12. The van der Waals surface area contributed by atoms with E-state index in [9.17, 15) is 0 Å². The normalized spacial score (nSPS) is 12.2. The number of aromatic nitrogens is 1. The fourth-order valence-corrected chi connectivity index (χ4v) is 11.3. The van der Waals surface area contributed by atoms with Crippen molar-refractivity contribution in [3.05, 3.63) is 176 Å². The molecule has 0 unspecified atom stereocenters. The van der Waals surface area contributed by atoms with E-state index in [0.717, 1.165) is 0 Å². The Morgan fingerprint density at radius 2 is 0.792 bits per heavy atom. The summed E-state index contributed by atoms with van der Waals surface area (Å²) in [4.78, 5) is 0. The van der Waals surface area contributed by atoms with E-state index in [1.54, 1.807) is 0 Å². The maximum atomic E-state index is 2.54. The molecule has 12 aromatic rings. The molecule has 0 atom stereocenters. The molecular formula is C50H29NS2. The van der Waals surface area contributed by atoms with Crippen LogP contribution in [0.2, 0.25) is 0 Å². The minimum Gasteiger partial charge on any atom is -0.309 e. The van der Waals surface area contributed by atoms with Gasteiger partial charge in [-0.15, -0.1) is 22.7 Å². The van der Waals surface area contributed by atoms with Crippen molar-refractivity contribution in [2.45, 2.75) is 0 Å². The Hall–Kier alpha value is -6.26. The summed E-state index contributed by atoms with van der Waals surface area (Å²) in [7, 11) is 0. The molecule has 53 heavy (non-hydrogen) atoms. The number of nitrogens with zero attached hydrogens (tertiary/aromatic N) is 1. The van der Waals surface area contributed by atoms with Crippen LogP contribution < -0.4 is 0 Å². The van der Waals surface area contributed by atoms with Crippen LogP contribution in [0.15, 0.2) is 176 Å². The van der Waals surface area contributed by atoms with Gasteiger partial charge in [0, 0.05) is 56.5 Å². The Labute approximate surface area is 313 Å². The van der Waals surface area contributed by atoms with Crippen molar-refractivity contribution < 1.29 is 0 Å². The third-order valence-corrected chi connectivity index (χ3v) is 13.6. The van der Waals surface area contributed by atoms with Crippen molar-refractivity contribution in [3.63, 3.8) is 0 Å². The second-order valence-corrected chi connectivity index (χ2v) is 16.1. The Bertz CT molecular complexity index is 3290. The fourth-order valence-electron chi connectivity index (χ4n) is 8.78. The van der Waals surface area contributed by atoms with Crippen LogP contribution in [0.5, 0.6) is 0 Å². The first kappa shape index (κ1) is 29.3. The van der Waals surface area contributed by atoms with E-state index in [1.807, 2.05) is 22.7 Å². The number of benzene rings is 9. The van der Waals surface area contributed by atoms with Crippen LogP contribution in [0.1, 0.15) is 0 Å². The summed E-state index contributed by atoms with van der Waals surface area (Å²) in [6, 6.07) is 65.5. The summed E-state index contributed by atoms with van der Waals surface area (Å²) >= 11 is 3.79. The minimum atomic E-state index is 1.20. The summed E-state index contributed by atoms with van der Waals surface area (Å²) in [5.74, 6) is 0. The summed E-state index contributed by atoms with van der Waals surface area (Å²) in [5.41, 5.74) is 8.67. The number of thiophene rings is 2. The molecule has 246 valence electrons. The molecule has 12 rings (SSSR count). The van der Waals surface area contributed by atoms with Crippen LogP contribution in [-0.4, -0.2) is 4.57 Å². The average Bonchev–Trinajstić information content (AvgIpc) is 3.89. The number of rotatable bonds is 3. The molecular weight excluding hydrogens is 679 g/mol. The molecule has 0 bridgehead atoms. The van der Waals surface area contributed by atoms with Gasteiger partial charge in [0.15, 0.2) is 0 Å². The van der Waals surface area contributed by atoms with Gasteiger partial charge in [0.2, 0.25) is 0 Å². The van der Waals surface area contributed by atoms with E-state index in [2.05, 4.69) is 180 Å². The average molecular weight is 708 g/mol. The van der Waals surface area contributed by atoms with Crippen molar-refractivity contribution in [1.29, 1.82) is 0 Å². The third-order valence-electron chi connectivity index (χ3n) is 11.2. The van der Waals surface area contributed by atoms with Crippen molar-refractivity contribution in [2.75, 3.05) is 0 Å². The van der Waals surface area contributed by atoms with Crippen molar-refractivity contribution in [2.24, 2.45) is 0 Å². The largest absolute Gasteiger partial charge is 0.309 e. The highest BCUT2D eigenvalue weighted by Gasteiger charge is 2.20. The van der Waals surface area contributed by atoms with Crippen LogP contribution in [0.3, 0.4) is 0 Å². The zero-order valence-electron chi connectivity index (χ0n) is 28.5. The smallest absolute Gasteiger partial charge is 0.0547 e. The van der Waals surface area contributed by atoms with Crippen LogP contribution in [-0.2, 0) is 0 Å². The van der Waals surface area contributed by atoms with Gasteiger partial charge < -0.3 is 4.57 Å². The van der Waals surface area contributed by atoms with E-state index < -0.39 is 0 Å². The van der Waals surface area contributed by atoms with Gasteiger partial charge in [-0.05, 0) is 68.7 Å². The van der Waals surface area contributed by atoms with E-state index in [1.165, 1.54) is 112 Å². The predicted octanol–water partition coefficient (Wildman–Crippen LogP) is 15.2. The van der Waals surface area contributed by atoms with Crippen molar-refractivity contribution in [1.82, 2.24) is 4.57 Å². The van der Waals surface area contributed by atoms with Crippen LogP contribution in [0.4, 0.5) is 0 Å². The van der Waals surface area contributed by atoms with Crippen LogP contribution in [0.25, 0.3) is 112 Å². The molecule has 0 N–H and O–H groups in total. The van der Waals surface area contributed by atoms with Crippen molar-refractivity contribution >= 4 is 106 Å². The topological polar surface area (TPSA) is 4.93 Å². The molecule has 3 heteroatoms. The third kappa shape index (κ3) is 4.24. The Morgan fingerprint density at radius 3 is 1.38 bits per heavy atom. The van der Waals surface area contributed by atoms with Gasteiger partial charge in [-0.3, -0.25) is 0 Å². The van der Waals surface area contributed by atoms with Gasteiger partial charge in [0.25, 0.3) is 0 Å². The van der Waals surface area contributed by atoms with Crippen molar-refractivity contribution in [3.8, 4) is 27.9 Å². The monoisotopic (exact) mass is 707 g/mol. The van der Waals surface area contributed by atoms with Gasteiger partial charge in [0.05, 0.1) is 16.7 Å². The lowest BCUT2D eigenvalue weighted by molar-refractivity contribution is 1.20. The number of fused-ring (bicyclic) bond motifs is 12. The molecule has 1 nitrogen and oxygen atoms in total. The first-order chi connectivity index (χ1) is 26.3. The van der Waals surface area contributed by atoms with E-state index in [0.29, 0.717) is 0 Å². The summed E-state index contributed by atoms with van der Waals surface area (Å²) in [5, 5.41) is 12.9. The Kier molecular flexibility index (Phi) is 6.15. The van der Waals surface area contributed by atoms with Gasteiger partial charge in [0.1, 0.15) is 0 Å². The lowest BCUT2D eigenvalue weighted by atomic mass is 9.99. The van der Waals surface area contributed by atoms with E-state index >= 15 is 0 Å². The first-order valence-corrected chi connectivity index (χ1v) is 19.7. The van der Waals surface area contributed by atoms with Gasteiger partial charge in [-0.25, -0.2) is 0 Å². The van der Waals surface area contributed by atoms with Gasteiger partial charge >= 0.3 is 0 Å². The molecule has 0 amide bonds. The van der Waals surface area contributed by atoms with Crippen LogP contribution in [0, 0.1) is 0 Å². The molecule has 0 saturated heterocycles. The molecule has 0 spiro atoms. The quantitative estimate of drug-likeness (QED) is 0.161. The highest BCUT2D eigenvalue weighted by Crippen LogP contribution is 2.45. The fraction of sp³-hybridized carbons (Fsp3) is 0. The Morgan fingerprint density at radius 1 is 0.321 bits per heavy atom. The lowest BCUT2D eigenvalue weighted by Crippen LogP contribution is -1.97. The lowest BCUT2D eigenvalue weighted by Gasteiger charge is -2.15. The second-order valence-electron chi connectivity index (χ2n) is 14.0. The Balaban J connectivity index is 1.19. The van der Waals surface area contributed by atoms with Gasteiger partial charge in [-0.2, -0.15) is 0 Å². The molecule has 0 saturated carbocycles. The highest BCUT2D eigenvalue weighted by atomic mass is 32.1. The van der Waals surface area contributed by atoms with E-state index in [4.69, 9.17) is 0 Å². The molecule has 3 heterocycles. The standard InChI is InChI=1S/C50H29NS2/c1-2-12-33-30(11-1)27-44(37-14-4-3-13-36(33)37)51-45-28-31(34-17-9-19-42-40-15-5-7-21-47(40)52-49(34)42)23-25-38(45)39-26-24-32(29-46(39)51)35-18-10-20-43-41-16-6-8-22-48(41)53-50(35)43/h1-29H. The van der Waals surface area contributed by atoms with Gasteiger partial charge in [-0.1, -0.05) is 146 Å². The number of hydrogen-bond donors (Lipinski definition) is 0. The van der Waals surface area contributed by atoms with E-state index in [-0.39, 0.29) is 0 Å². The minimum absolute atomic E-state index is 1.20. The highest BCUT2D eigenvalue weighted by molar-refractivity contribution is 7.26. The molecule has 0 aliphatic rings. The molecule has 0 radical (unpaired) electrons. The molecule has 3 aromatic heterocycles. The van der Waals surface area contributed by atoms with Crippen LogP contribution >= 0.6 is 22.7 Å². The summed E-state index contributed by atoms with van der Waals surface area (Å²) in [6.45, 7) is 0. The maximum absolute atomic E-state index is 2.54. The summed E-state index contributed by atoms with van der Waals surface area (Å²) in [6.07, 6.45) is 0. The molecule has 9 aromatic carbocycles. The molecule has 0 aliphatic heterocycles. The zero-order valence-corrected chi connectivity index (χ0v) is 30.1. The number of hydrogen-bond acceptors (Lipinski definition) is 2.